The summed E-state index contributed by atoms with van der Waals surface area (Å²) in [6.45, 7) is 10.7. The molecule has 1 aliphatic heterocycles. The van der Waals surface area contributed by atoms with Crippen LogP contribution >= 0.6 is 0 Å². The number of amides is 1. The molecule has 2 rings (SSSR count). The second-order valence-corrected chi connectivity index (χ2v) is 6.81. The molecule has 2 N–H and O–H groups in total. The molecule has 1 aliphatic carbocycles. The molecule has 0 aromatic heterocycles. The summed E-state index contributed by atoms with van der Waals surface area (Å²) >= 11 is 0. The van der Waals surface area contributed by atoms with E-state index in [2.05, 4.69) is 24.7 Å². The van der Waals surface area contributed by atoms with Gasteiger partial charge in [-0.15, -0.1) is 0 Å². The largest absolute Gasteiger partial charge is 0.443 e. The zero-order valence-corrected chi connectivity index (χ0v) is 11.9. The van der Waals surface area contributed by atoms with E-state index in [9.17, 15) is 4.79 Å². The zero-order valence-electron chi connectivity index (χ0n) is 11.9. The number of nitrogens with one attached hydrogen (secondary N) is 2. The Morgan fingerprint density at radius 1 is 1.39 bits per heavy atom. The summed E-state index contributed by atoms with van der Waals surface area (Å²) in [7, 11) is 0. The van der Waals surface area contributed by atoms with E-state index in [1.165, 1.54) is 0 Å². The first kappa shape index (κ1) is 13.6. The molecule has 104 valence electrons. The highest BCUT2D eigenvalue weighted by Crippen LogP contribution is 2.51. The highest BCUT2D eigenvalue weighted by Gasteiger charge is 2.59. The molecule has 18 heavy (non-hydrogen) atoms. The van der Waals surface area contributed by atoms with Crippen LogP contribution in [0.1, 0.15) is 41.0 Å². The van der Waals surface area contributed by atoms with Crippen LogP contribution in [-0.2, 0) is 9.47 Å². The van der Waals surface area contributed by atoms with Crippen LogP contribution in [0.2, 0.25) is 0 Å². The summed E-state index contributed by atoms with van der Waals surface area (Å²) in [6.07, 6.45) is 0.943. The maximum absolute atomic E-state index is 11.6. The van der Waals surface area contributed by atoms with Crippen LogP contribution in [0.15, 0.2) is 0 Å². The number of rotatable bonds is 2. The van der Waals surface area contributed by atoms with Gasteiger partial charge in [-0.3, -0.25) is 5.43 Å². The lowest BCUT2D eigenvalue weighted by molar-refractivity contribution is -0.116. The van der Waals surface area contributed by atoms with Crippen LogP contribution in [-0.4, -0.2) is 30.4 Å². The van der Waals surface area contributed by atoms with Crippen LogP contribution in [0.25, 0.3) is 0 Å². The Kier molecular flexibility index (Phi) is 3.32. The fourth-order valence-electron chi connectivity index (χ4n) is 3.06. The fourth-order valence-corrected chi connectivity index (χ4v) is 3.06. The predicted molar refractivity (Wildman–Crippen MR) is 67.9 cm³/mol. The van der Waals surface area contributed by atoms with Gasteiger partial charge in [0.05, 0.1) is 6.10 Å². The summed E-state index contributed by atoms with van der Waals surface area (Å²) in [5, 5.41) is 0. The van der Waals surface area contributed by atoms with E-state index in [0.29, 0.717) is 12.0 Å². The van der Waals surface area contributed by atoms with Crippen molar-refractivity contribution in [1.29, 1.82) is 0 Å². The highest BCUT2D eigenvalue weighted by molar-refractivity contribution is 5.67. The number of carbonyl (C=O) groups excluding carboxylic acids is 1. The Labute approximate surface area is 109 Å². The molecule has 0 bridgehead atoms. The Morgan fingerprint density at radius 2 is 2.06 bits per heavy atom. The molecular weight excluding hydrogens is 232 g/mol. The molecular formula is C13H24N2O3. The van der Waals surface area contributed by atoms with E-state index < -0.39 is 11.7 Å². The third-order valence-electron chi connectivity index (χ3n) is 3.83. The number of hydrazine groups is 1. The van der Waals surface area contributed by atoms with Crippen molar-refractivity contribution >= 4 is 6.09 Å². The van der Waals surface area contributed by atoms with Crippen molar-refractivity contribution in [3.05, 3.63) is 0 Å². The summed E-state index contributed by atoms with van der Waals surface area (Å²) in [5.74, 6) is 0.495. The molecule has 1 amide bonds. The first-order valence-corrected chi connectivity index (χ1v) is 6.58. The Morgan fingerprint density at radius 3 is 2.67 bits per heavy atom. The minimum atomic E-state index is -0.472. The molecule has 1 saturated heterocycles. The highest BCUT2D eigenvalue weighted by atomic mass is 16.6. The van der Waals surface area contributed by atoms with Crippen LogP contribution in [0.5, 0.6) is 0 Å². The minimum Gasteiger partial charge on any atom is -0.443 e. The second kappa shape index (κ2) is 4.38. The molecule has 1 heterocycles. The van der Waals surface area contributed by atoms with Gasteiger partial charge in [0.2, 0.25) is 0 Å². The maximum Gasteiger partial charge on any atom is 0.422 e. The number of ether oxygens (including phenoxy) is 2. The topological polar surface area (TPSA) is 59.6 Å². The monoisotopic (exact) mass is 256 g/mol. The van der Waals surface area contributed by atoms with Gasteiger partial charge < -0.3 is 9.47 Å². The van der Waals surface area contributed by atoms with Crippen molar-refractivity contribution in [2.75, 3.05) is 6.61 Å². The van der Waals surface area contributed by atoms with Gasteiger partial charge in [-0.1, -0.05) is 13.8 Å². The minimum absolute atomic E-state index is 0.0518. The Hall–Kier alpha value is -0.810. The van der Waals surface area contributed by atoms with E-state index >= 15 is 0 Å². The lowest BCUT2D eigenvalue weighted by atomic mass is 9.57. The average Bonchev–Trinajstić information content (AvgIpc) is 2.61. The number of fused-ring (bicyclic) bond motifs is 1. The molecule has 2 fully saturated rings. The number of hydrogen-bond acceptors (Lipinski definition) is 4. The fraction of sp³-hybridized carbons (Fsp3) is 0.923. The van der Waals surface area contributed by atoms with Crippen LogP contribution in [0.3, 0.4) is 0 Å². The third kappa shape index (κ3) is 2.47. The van der Waals surface area contributed by atoms with Gasteiger partial charge in [-0.05, 0) is 27.2 Å². The molecule has 0 aromatic rings. The standard InChI is InChI=1S/C13H24N2O3/c1-12(2,3)18-11(16)15-14-9-8-6-7-17-10(8)13(9,4)5/h8-10,14H,6-7H2,1-5H3,(H,15,16). The van der Waals surface area contributed by atoms with Crippen LogP contribution in [0, 0.1) is 11.3 Å². The van der Waals surface area contributed by atoms with Crippen molar-refractivity contribution < 1.29 is 14.3 Å². The number of carbonyl (C=O) groups is 1. The lowest BCUT2D eigenvalue weighted by Gasteiger charge is -2.54. The van der Waals surface area contributed by atoms with Gasteiger partial charge in [-0.2, -0.15) is 0 Å². The van der Waals surface area contributed by atoms with Crippen LogP contribution in [0.4, 0.5) is 4.79 Å². The second-order valence-electron chi connectivity index (χ2n) is 6.81. The van der Waals surface area contributed by atoms with Crippen molar-refractivity contribution in [2.24, 2.45) is 11.3 Å². The molecule has 5 nitrogen and oxygen atoms in total. The predicted octanol–water partition coefficient (Wildman–Crippen LogP) is 1.83. The summed E-state index contributed by atoms with van der Waals surface area (Å²) in [6, 6.07) is 0.248. The first-order valence-electron chi connectivity index (χ1n) is 6.58. The SMILES string of the molecule is CC(C)(C)OC(=O)NNC1C2CCOC2C1(C)C. The summed E-state index contributed by atoms with van der Waals surface area (Å²) in [5.41, 5.74) is 5.32. The molecule has 3 atom stereocenters. The Balaban J connectivity index is 1.82. The van der Waals surface area contributed by atoms with Crippen molar-refractivity contribution in [1.82, 2.24) is 10.9 Å². The third-order valence-corrected chi connectivity index (χ3v) is 3.83. The lowest BCUT2D eigenvalue weighted by Crippen LogP contribution is -2.68. The molecule has 0 radical (unpaired) electrons. The van der Waals surface area contributed by atoms with Gasteiger partial charge >= 0.3 is 6.09 Å². The van der Waals surface area contributed by atoms with Crippen molar-refractivity contribution in [3.8, 4) is 0 Å². The average molecular weight is 256 g/mol. The number of hydrogen-bond donors (Lipinski definition) is 2. The molecule has 0 spiro atoms. The van der Waals surface area contributed by atoms with E-state index in [1.54, 1.807) is 0 Å². The van der Waals surface area contributed by atoms with Gasteiger partial charge in [0.15, 0.2) is 0 Å². The van der Waals surface area contributed by atoms with E-state index in [1.807, 2.05) is 20.8 Å². The molecule has 0 aromatic carbocycles. The van der Waals surface area contributed by atoms with E-state index in [4.69, 9.17) is 9.47 Å². The quantitative estimate of drug-likeness (QED) is 0.740. The summed E-state index contributed by atoms with van der Waals surface area (Å²) in [4.78, 5) is 11.6. The zero-order chi connectivity index (χ0) is 13.6. The molecule has 3 unspecified atom stereocenters. The van der Waals surface area contributed by atoms with Gasteiger partial charge in [-0.25, -0.2) is 10.2 Å². The van der Waals surface area contributed by atoms with Gasteiger partial charge in [0, 0.05) is 24.0 Å². The Bertz CT molecular complexity index is 336. The molecule has 2 aliphatic rings. The van der Waals surface area contributed by atoms with Crippen molar-refractivity contribution in [3.63, 3.8) is 0 Å². The van der Waals surface area contributed by atoms with Crippen molar-refractivity contribution in [2.45, 2.75) is 58.8 Å². The van der Waals surface area contributed by atoms with Crippen LogP contribution < -0.4 is 10.9 Å². The van der Waals surface area contributed by atoms with Gasteiger partial charge in [0.1, 0.15) is 5.60 Å². The first-order chi connectivity index (χ1) is 8.22. The normalized spacial score (nSPS) is 33.5. The maximum atomic E-state index is 11.6. The summed E-state index contributed by atoms with van der Waals surface area (Å²) < 4.78 is 10.9. The van der Waals surface area contributed by atoms with E-state index in [-0.39, 0.29) is 11.5 Å². The molecule has 5 heteroatoms. The molecule has 1 saturated carbocycles. The van der Waals surface area contributed by atoms with E-state index in [0.717, 1.165) is 13.0 Å². The smallest absolute Gasteiger partial charge is 0.422 e. The van der Waals surface area contributed by atoms with Gasteiger partial charge in [0.25, 0.3) is 0 Å².